The van der Waals surface area contributed by atoms with Gasteiger partial charge in [-0.1, -0.05) is 22.0 Å². The molecule has 1 aliphatic heterocycles. The van der Waals surface area contributed by atoms with E-state index in [4.69, 9.17) is 4.74 Å². The van der Waals surface area contributed by atoms with Gasteiger partial charge in [0.25, 0.3) is 0 Å². The standard InChI is InChI=1S/C11H13BrN2O/c12-10-2-1-3-11(8-10)13-9-14-4-6-15-7-5-14/h1-3,8-9H,4-7H2. The molecule has 1 aliphatic rings. The Kier molecular flexibility index (Phi) is 3.75. The number of halogens is 1. The summed E-state index contributed by atoms with van der Waals surface area (Å²) in [4.78, 5) is 6.58. The molecule has 3 nitrogen and oxygen atoms in total. The van der Waals surface area contributed by atoms with Crippen LogP contribution in [0.15, 0.2) is 33.7 Å². The molecule has 0 aromatic heterocycles. The van der Waals surface area contributed by atoms with Crippen LogP contribution in [0.2, 0.25) is 0 Å². The lowest BCUT2D eigenvalue weighted by Crippen LogP contribution is -2.34. The summed E-state index contributed by atoms with van der Waals surface area (Å²) in [6.45, 7) is 3.45. The Morgan fingerprint density at radius 1 is 1.33 bits per heavy atom. The average molecular weight is 269 g/mol. The summed E-state index contributed by atoms with van der Waals surface area (Å²) < 4.78 is 6.31. The Balaban J connectivity index is 1.97. The van der Waals surface area contributed by atoms with Gasteiger partial charge in [0, 0.05) is 17.6 Å². The molecule has 0 saturated carbocycles. The Morgan fingerprint density at radius 3 is 2.87 bits per heavy atom. The molecule has 0 unspecified atom stereocenters. The minimum atomic E-state index is 0.796. The molecule has 80 valence electrons. The highest BCUT2D eigenvalue weighted by Gasteiger charge is 2.05. The molecular formula is C11H13BrN2O. The molecule has 1 fully saturated rings. The number of rotatable bonds is 2. The zero-order valence-corrected chi connectivity index (χ0v) is 9.98. The van der Waals surface area contributed by atoms with E-state index in [2.05, 4.69) is 25.8 Å². The quantitative estimate of drug-likeness (QED) is 0.608. The fourth-order valence-electron chi connectivity index (χ4n) is 1.40. The zero-order chi connectivity index (χ0) is 10.5. The largest absolute Gasteiger partial charge is 0.378 e. The maximum atomic E-state index is 5.26. The molecule has 0 amide bonds. The van der Waals surface area contributed by atoms with Crippen LogP contribution in [0.1, 0.15) is 0 Å². The van der Waals surface area contributed by atoms with Gasteiger partial charge in [-0.3, -0.25) is 0 Å². The first-order valence-corrected chi connectivity index (χ1v) is 5.75. The van der Waals surface area contributed by atoms with Crippen LogP contribution in [-0.2, 0) is 4.74 Å². The minimum Gasteiger partial charge on any atom is -0.378 e. The smallest absolute Gasteiger partial charge is 0.0913 e. The van der Waals surface area contributed by atoms with Crippen molar-refractivity contribution < 1.29 is 4.74 Å². The van der Waals surface area contributed by atoms with Crippen LogP contribution in [-0.4, -0.2) is 37.5 Å². The topological polar surface area (TPSA) is 24.8 Å². The molecule has 0 radical (unpaired) electrons. The molecule has 1 saturated heterocycles. The average Bonchev–Trinajstić information content (AvgIpc) is 2.28. The Labute approximate surface area is 97.9 Å². The number of ether oxygens (including phenoxy) is 1. The van der Waals surface area contributed by atoms with Crippen LogP contribution >= 0.6 is 15.9 Å². The van der Waals surface area contributed by atoms with E-state index in [1.807, 2.05) is 30.6 Å². The van der Waals surface area contributed by atoms with Crippen LogP contribution in [0, 0.1) is 0 Å². The van der Waals surface area contributed by atoms with Crippen LogP contribution in [0.4, 0.5) is 5.69 Å². The molecule has 1 aromatic rings. The van der Waals surface area contributed by atoms with Crippen molar-refractivity contribution in [1.82, 2.24) is 4.90 Å². The van der Waals surface area contributed by atoms with Crippen molar-refractivity contribution in [2.45, 2.75) is 0 Å². The highest BCUT2D eigenvalue weighted by molar-refractivity contribution is 9.10. The maximum Gasteiger partial charge on any atom is 0.0913 e. The Bertz CT molecular complexity index is 348. The predicted octanol–water partition coefficient (Wildman–Crippen LogP) is 2.44. The van der Waals surface area contributed by atoms with Gasteiger partial charge < -0.3 is 9.64 Å². The SMILES string of the molecule is Brc1cccc(N=CN2CCOCC2)c1. The van der Waals surface area contributed by atoms with Gasteiger partial charge >= 0.3 is 0 Å². The van der Waals surface area contributed by atoms with Crippen molar-refractivity contribution in [3.05, 3.63) is 28.7 Å². The van der Waals surface area contributed by atoms with E-state index in [0.717, 1.165) is 36.5 Å². The first-order chi connectivity index (χ1) is 7.34. The fraction of sp³-hybridized carbons (Fsp3) is 0.364. The van der Waals surface area contributed by atoms with Gasteiger partial charge in [-0.2, -0.15) is 0 Å². The number of aliphatic imine (C=N–C) groups is 1. The monoisotopic (exact) mass is 268 g/mol. The lowest BCUT2D eigenvalue weighted by molar-refractivity contribution is 0.0701. The lowest BCUT2D eigenvalue weighted by atomic mass is 10.3. The third-order valence-electron chi connectivity index (χ3n) is 2.22. The number of hydrogen-bond donors (Lipinski definition) is 0. The third-order valence-corrected chi connectivity index (χ3v) is 2.72. The highest BCUT2D eigenvalue weighted by atomic mass is 79.9. The van der Waals surface area contributed by atoms with Crippen molar-refractivity contribution in [2.24, 2.45) is 4.99 Å². The van der Waals surface area contributed by atoms with Gasteiger partial charge in [0.1, 0.15) is 0 Å². The Hall–Kier alpha value is -0.870. The van der Waals surface area contributed by atoms with E-state index in [1.165, 1.54) is 0 Å². The molecule has 2 rings (SSSR count). The summed E-state index contributed by atoms with van der Waals surface area (Å²) in [6.07, 6.45) is 1.89. The summed E-state index contributed by atoms with van der Waals surface area (Å²) in [5.74, 6) is 0. The van der Waals surface area contributed by atoms with E-state index in [-0.39, 0.29) is 0 Å². The van der Waals surface area contributed by atoms with Gasteiger partial charge in [0.15, 0.2) is 0 Å². The number of hydrogen-bond acceptors (Lipinski definition) is 2. The molecular weight excluding hydrogens is 256 g/mol. The minimum absolute atomic E-state index is 0.796. The molecule has 0 N–H and O–H groups in total. The van der Waals surface area contributed by atoms with E-state index in [0.29, 0.717) is 0 Å². The number of benzene rings is 1. The van der Waals surface area contributed by atoms with Crippen molar-refractivity contribution in [1.29, 1.82) is 0 Å². The first-order valence-electron chi connectivity index (χ1n) is 4.96. The molecule has 0 atom stereocenters. The van der Waals surface area contributed by atoms with Crippen molar-refractivity contribution in [3.8, 4) is 0 Å². The third kappa shape index (κ3) is 3.32. The van der Waals surface area contributed by atoms with Gasteiger partial charge in [-0.25, -0.2) is 4.99 Å². The normalized spacial score (nSPS) is 17.3. The van der Waals surface area contributed by atoms with E-state index >= 15 is 0 Å². The molecule has 1 aromatic carbocycles. The zero-order valence-electron chi connectivity index (χ0n) is 8.40. The molecule has 4 heteroatoms. The van der Waals surface area contributed by atoms with E-state index < -0.39 is 0 Å². The van der Waals surface area contributed by atoms with Gasteiger partial charge in [-0.05, 0) is 18.2 Å². The van der Waals surface area contributed by atoms with Crippen molar-refractivity contribution in [3.63, 3.8) is 0 Å². The summed E-state index contributed by atoms with van der Waals surface area (Å²) in [6, 6.07) is 7.96. The van der Waals surface area contributed by atoms with Gasteiger partial charge in [0.05, 0.1) is 25.2 Å². The predicted molar refractivity (Wildman–Crippen MR) is 64.7 cm³/mol. The molecule has 0 spiro atoms. The van der Waals surface area contributed by atoms with Crippen molar-refractivity contribution >= 4 is 28.0 Å². The van der Waals surface area contributed by atoms with Crippen LogP contribution < -0.4 is 0 Å². The maximum absolute atomic E-state index is 5.26. The van der Waals surface area contributed by atoms with Crippen LogP contribution in [0.3, 0.4) is 0 Å². The fourth-order valence-corrected chi connectivity index (χ4v) is 1.78. The Morgan fingerprint density at radius 2 is 2.13 bits per heavy atom. The lowest BCUT2D eigenvalue weighted by Gasteiger charge is -2.24. The number of morpholine rings is 1. The van der Waals surface area contributed by atoms with E-state index in [9.17, 15) is 0 Å². The van der Waals surface area contributed by atoms with Crippen LogP contribution in [0.25, 0.3) is 0 Å². The molecule has 15 heavy (non-hydrogen) atoms. The second-order valence-corrected chi connectivity index (χ2v) is 4.29. The summed E-state index contributed by atoms with van der Waals surface area (Å²) in [5.41, 5.74) is 0.968. The number of nitrogens with zero attached hydrogens (tertiary/aromatic N) is 2. The second kappa shape index (κ2) is 5.28. The van der Waals surface area contributed by atoms with Gasteiger partial charge in [0.2, 0.25) is 0 Å². The van der Waals surface area contributed by atoms with Gasteiger partial charge in [-0.15, -0.1) is 0 Å². The first kappa shape index (κ1) is 10.6. The summed E-state index contributed by atoms with van der Waals surface area (Å²) >= 11 is 3.42. The summed E-state index contributed by atoms with van der Waals surface area (Å²) in [5, 5.41) is 0. The summed E-state index contributed by atoms with van der Waals surface area (Å²) in [7, 11) is 0. The molecule has 0 bridgehead atoms. The van der Waals surface area contributed by atoms with Crippen molar-refractivity contribution in [2.75, 3.05) is 26.3 Å². The highest BCUT2D eigenvalue weighted by Crippen LogP contribution is 2.17. The molecule has 1 heterocycles. The second-order valence-electron chi connectivity index (χ2n) is 3.37. The molecule has 0 aliphatic carbocycles. The van der Waals surface area contributed by atoms with E-state index in [1.54, 1.807) is 0 Å². The van der Waals surface area contributed by atoms with Crippen LogP contribution in [0.5, 0.6) is 0 Å².